The van der Waals surface area contributed by atoms with Crippen LogP contribution in [0.1, 0.15) is 20.3 Å². The molecule has 0 radical (unpaired) electrons. The second-order valence-corrected chi connectivity index (χ2v) is 4.27. The first-order valence-electron chi connectivity index (χ1n) is 6.49. The first-order chi connectivity index (χ1) is 10.3. The molecule has 0 amide bonds. The number of hydrogen-bond donors (Lipinski definition) is 1. The summed E-state index contributed by atoms with van der Waals surface area (Å²) in [6.07, 6.45) is -3.24. The molecule has 2 unspecified atom stereocenters. The van der Waals surface area contributed by atoms with Crippen molar-refractivity contribution in [3.63, 3.8) is 0 Å². The Bertz CT molecular complexity index is 402. The van der Waals surface area contributed by atoms with Gasteiger partial charge in [0.25, 0.3) is 0 Å². The number of hydrogen-bond acceptors (Lipinski definition) is 9. The Labute approximate surface area is 127 Å². The quantitative estimate of drug-likeness (QED) is 0.233. The molecule has 126 valence electrons. The largest absolute Gasteiger partial charge is 0.461 e. The van der Waals surface area contributed by atoms with E-state index in [0.717, 1.165) is 0 Å². The second-order valence-electron chi connectivity index (χ2n) is 4.27. The molecule has 0 aliphatic rings. The molecule has 0 aliphatic carbocycles. The van der Waals surface area contributed by atoms with Crippen molar-refractivity contribution >= 4 is 23.7 Å². The number of carbonyl (C=O) groups is 4. The van der Waals surface area contributed by atoms with E-state index in [4.69, 9.17) is 5.11 Å². The van der Waals surface area contributed by atoms with Gasteiger partial charge < -0.3 is 24.1 Å². The van der Waals surface area contributed by atoms with Crippen molar-refractivity contribution in [2.45, 2.75) is 32.5 Å². The van der Waals surface area contributed by atoms with Gasteiger partial charge in [-0.2, -0.15) is 0 Å². The SMILES string of the molecule is COCCOC(=O)COC(=O)CC(=O)C(C)OC(=O)C(C)O. The van der Waals surface area contributed by atoms with Gasteiger partial charge in [-0.15, -0.1) is 0 Å². The molecular formula is C13H20O9. The van der Waals surface area contributed by atoms with Gasteiger partial charge in [0.15, 0.2) is 18.5 Å². The number of carbonyl (C=O) groups excluding carboxylic acids is 4. The predicted octanol–water partition coefficient (Wildman–Crippen LogP) is -1.01. The van der Waals surface area contributed by atoms with Crippen LogP contribution in [0.15, 0.2) is 0 Å². The zero-order chi connectivity index (χ0) is 17.1. The molecule has 1 N–H and O–H groups in total. The number of ketones is 1. The second kappa shape index (κ2) is 10.7. The summed E-state index contributed by atoms with van der Waals surface area (Å²) in [6.45, 7) is 2.05. The molecule has 0 spiro atoms. The maximum atomic E-state index is 11.6. The lowest BCUT2D eigenvalue weighted by Crippen LogP contribution is -2.31. The van der Waals surface area contributed by atoms with Gasteiger partial charge in [0.2, 0.25) is 0 Å². The lowest BCUT2D eigenvalue weighted by atomic mass is 10.2. The third-order valence-corrected chi connectivity index (χ3v) is 2.31. The zero-order valence-electron chi connectivity index (χ0n) is 12.7. The Morgan fingerprint density at radius 1 is 1.00 bits per heavy atom. The Kier molecular flexibility index (Phi) is 9.72. The number of Topliss-reactive ketones (excluding diaryl/α,β-unsaturated/α-hetero) is 1. The number of aliphatic hydroxyl groups is 1. The summed E-state index contributed by atoms with van der Waals surface area (Å²) >= 11 is 0. The van der Waals surface area contributed by atoms with E-state index in [0.29, 0.717) is 0 Å². The first-order valence-corrected chi connectivity index (χ1v) is 6.49. The Balaban J connectivity index is 4.02. The Morgan fingerprint density at radius 2 is 1.64 bits per heavy atom. The van der Waals surface area contributed by atoms with Crippen molar-refractivity contribution < 1.29 is 43.2 Å². The van der Waals surface area contributed by atoms with Crippen LogP contribution >= 0.6 is 0 Å². The number of esters is 3. The van der Waals surface area contributed by atoms with Crippen molar-refractivity contribution in [1.29, 1.82) is 0 Å². The molecule has 0 saturated carbocycles. The van der Waals surface area contributed by atoms with Gasteiger partial charge in [-0.3, -0.25) is 9.59 Å². The fourth-order valence-corrected chi connectivity index (χ4v) is 1.10. The molecule has 0 aromatic heterocycles. The van der Waals surface area contributed by atoms with Gasteiger partial charge in [0.1, 0.15) is 19.1 Å². The molecule has 2 atom stereocenters. The third-order valence-electron chi connectivity index (χ3n) is 2.31. The van der Waals surface area contributed by atoms with Crippen molar-refractivity contribution in [3.8, 4) is 0 Å². The van der Waals surface area contributed by atoms with Crippen molar-refractivity contribution in [2.24, 2.45) is 0 Å². The van der Waals surface area contributed by atoms with Crippen LogP contribution in [-0.2, 0) is 38.1 Å². The minimum atomic E-state index is -1.37. The van der Waals surface area contributed by atoms with Crippen LogP contribution in [0.3, 0.4) is 0 Å². The van der Waals surface area contributed by atoms with Gasteiger partial charge in [0.05, 0.1) is 6.61 Å². The fourth-order valence-electron chi connectivity index (χ4n) is 1.10. The highest BCUT2D eigenvalue weighted by Gasteiger charge is 2.23. The maximum Gasteiger partial charge on any atom is 0.344 e. The van der Waals surface area contributed by atoms with E-state index in [1.54, 1.807) is 0 Å². The van der Waals surface area contributed by atoms with Crippen LogP contribution in [0.4, 0.5) is 0 Å². The molecular weight excluding hydrogens is 300 g/mol. The standard InChI is InChI=1S/C13H20O9/c1-8(14)13(18)22-9(2)10(15)6-11(16)21-7-12(17)20-5-4-19-3/h8-9,14H,4-7H2,1-3H3. The molecule has 0 aromatic carbocycles. The normalized spacial score (nSPS) is 12.9. The van der Waals surface area contributed by atoms with Crippen LogP contribution in [0.5, 0.6) is 0 Å². The maximum absolute atomic E-state index is 11.6. The van der Waals surface area contributed by atoms with E-state index >= 15 is 0 Å². The Morgan fingerprint density at radius 3 is 2.18 bits per heavy atom. The molecule has 0 aromatic rings. The topological polar surface area (TPSA) is 125 Å². The van der Waals surface area contributed by atoms with Crippen molar-refractivity contribution in [3.05, 3.63) is 0 Å². The molecule has 0 saturated heterocycles. The summed E-state index contributed by atoms with van der Waals surface area (Å²) < 4.78 is 18.5. The number of ether oxygens (including phenoxy) is 4. The fraction of sp³-hybridized carbons (Fsp3) is 0.692. The average Bonchev–Trinajstić information content (AvgIpc) is 2.45. The zero-order valence-corrected chi connectivity index (χ0v) is 12.7. The van der Waals surface area contributed by atoms with Crippen molar-refractivity contribution in [1.82, 2.24) is 0 Å². The highest BCUT2D eigenvalue weighted by Crippen LogP contribution is 2.01. The lowest BCUT2D eigenvalue weighted by molar-refractivity contribution is -0.165. The van der Waals surface area contributed by atoms with E-state index in [2.05, 4.69) is 18.9 Å². The smallest absolute Gasteiger partial charge is 0.344 e. The summed E-state index contributed by atoms with van der Waals surface area (Å²) in [4.78, 5) is 45.1. The molecule has 22 heavy (non-hydrogen) atoms. The first kappa shape index (κ1) is 20.0. The number of methoxy groups -OCH3 is 1. The van der Waals surface area contributed by atoms with E-state index < -0.39 is 48.9 Å². The van der Waals surface area contributed by atoms with E-state index in [-0.39, 0.29) is 13.2 Å². The summed E-state index contributed by atoms with van der Waals surface area (Å²) in [6, 6.07) is 0. The highest BCUT2D eigenvalue weighted by atomic mass is 16.6. The van der Waals surface area contributed by atoms with Gasteiger partial charge in [-0.25, -0.2) is 9.59 Å². The summed E-state index contributed by atoms with van der Waals surface area (Å²) in [7, 11) is 1.44. The van der Waals surface area contributed by atoms with Crippen LogP contribution in [0.25, 0.3) is 0 Å². The predicted molar refractivity (Wildman–Crippen MR) is 70.7 cm³/mol. The molecule has 9 heteroatoms. The Hall–Kier alpha value is -2.00. The number of aliphatic hydroxyl groups excluding tert-OH is 1. The van der Waals surface area contributed by atoms with E-state index in [1.165, 1.54) is 21.0 Å². The van der Waals surface area contributed by atoms with Gasteiger partial charge in [-0.05, 0) is 13.8 Å². The minimum absolute atomic E-state index is 0.0259. The van der Waals surface area contributed by atoms with Crippen LogP contribution in [0, 0.1) is 0 Å². The minimum Gasteiger partial charge on any atom is -0.461 e. The van der Waals surface area contributed by atoms with Gasteiger partial charge in [-0.1, -0.05) is 0 Å². The number of rotatable bonds is 10. The summed E-state index contributed by atoms with van der Waals surface area (Å²) in [5.74, 6) is -3.41. The van der Waals surface area contributed by atoms with Crippen LogP contribution < -0.4 is 0 Å². The average molecular weight is 320 g/mol. The third kappa shape index (κ3) is 9.03. The lowest BCUT2D eigenvalue weighted by Gasteiger charge is -2.13. The van der Waals surface area contributed by atoms with Crippen molar-refractivity contribution in [2.75, 3.05) is 26.9 Å². The van der Waals surface area contributed by atoms with Crippen LogP contribution in [0.2, 0.25) is 0 Å². The molecule has 0 fully saturated rings. The molecule has 0 heterocycles. The van der Waals surface area contributed by atoms with E-state index in [9.17, 15) is 19.2 Å². The van der Waals surface area contributed by atoms with Gasteiger partial charge in [0, 0.05) is 7.11 Å². The molecule has 0 aliphatic heterocycles. The summed E-state index contributed by atoms with van der Waals surface area (Å²) in [5, 5.41) is 8.93. The van der Waals surface area contributed by atoms with Gasteiger partial charge >= 0.3 is 17.9 Å². The monoisotopic (exact) mass is 320 g/mol. The highest BCUT2D eigenvalue weighted by molar-refractivity contribution is 5.99. The van der Waals surface area contributed by atoms with E-state index in [1.807, 2.05) is 0 Å². The molecule has 0 bridgehead atoms. The molecule has 9 nitrogen and oxygen atoms in total. The molecule has 0 rings (SSSR count). The summed E-state index contributed by atoms with van der Waals surface area (Å²) in [5.41, 5.74) is 0. The van der Waals surface area contributed by atoms with Crippen LogP contribution in [-0.4, -0.2) is 67.9 Å².